The second kappa shape index (κ2) is 7.59. The van der Waals surface area contributed by atoms with Gasteiger partial charge in [0.1, 0.15) is 11.5 Å². The summed E-state index contributed by atoms with van der Waals surface area (Å²) in [6.45, 7) is -0.118. The normalized spacial score (nSPS) is 15.4. The molecule has 2 heterocycles. The third-order valence-corrected chi connectivity index (χ3v) is 5.15. The van der Waals surface area contributed by atoms with E-state index in [1.165, 1.54) is 6.07 Å². The zero-order chi connectivity index (χ0) is 19.7. The van der Waals surface area contributed by atoms with Crippen molar-refractivity contribution in [1.29, 1.82) is 0 Å². The maximum Gasteiger partial charge on any atom is 0.329 e. The molecule has 1 aliphatic rings. The van der Waals surface area contributed by atoms with Gasteiger partial charge in [0.15, 0.2) is 0 Å². The van der Waals surface area contributed by atoms with Gasteiger partial charge in [0.25, 0.3) is 5.91 Å². The molecule has 0 bridgehead atoms. The second-order valence-corrected chi connectivity index (χ2v) is 7.50. The first-order valence-electron chi connectivity index (χ1n) is 8.54. The standard InChI is InChI=1S/C21H15FIN3O2/c22-18-6-2-1-4-14(18)13-26-20(27)19(24-21(26)28)12-17-5-3-11-25(17)16-9-7-15(23)8-10-16/h1-12H,13H2,(H,24,28)/b19-12+. The Bertz CT molecular complexity index is 1090. The van der Waals surface area contributed by atoms with Gasteiger partial charge in [0, 0.05) is 26.7 Å². The lowest BCUT2D eigenvalue weighted by Gasteiger charge is -2.12. The predicted molar refractivity (Wildman–Crippen MR) is 112 cm³/mol. The molecular formula is C21H15FIN3O2. The van der Waals surface area contributed by atoms with E-state index >= 15 is 0 Å². The molecule has 1 saturated heterocycles. The van der Waals surface area contributed by atoms with Crippen LogP contribution >= 0.6 is 22.6 Å². The average Bonchev–Trinajstić information content (AvgIpc) is 3.24. The zero-order valence-electron chi connectivity index (χ0n) is 14.6. The molecule has 0 atom stereocenters. The maximum absolute atomic E-state index is 13.9. The SMILES string of the molecule is O=C1N/C(=C/c2cccn2-c2ccc(I)cc2)C(=O)N1Cc1ccccc1F. The van der Waals surface area contributed by atoms with Gasteiger partial charge >= 0.3 is 6.03 Å². The Morgan fingerprint density at radius 1 is 1.00 bits per heavy atom. The summed E-state index contributed by atoms with van der Waals surface area (Å²) in [5.41, 5.74) is 2.14. The van der Waals surface area contributed by atoms with Gasteiger partial charge in [0.2, 0.25) is 0 Å². The van der Waals surface area contributed by atoms with Crippen LogP contribution in [0.2, 0.25) is 0 Å². The molecule has 140 valence electrons. The monoisotopic (exact) mass is 487 g/mol. The van der Waals surface area contributed by atoms with Crippen LogP contribution in [-0.2, 0) is 11.3 Å². The van der Waals surface area contributed by atoms with Gasteiger partial charge < -0.3 is 9.88 Å². The molecular weight excluding hydrogens is 472 g/mol. The first kappa shape index (κ1) is 18.4. The summed E-state index contributed by atoms with van der Waals surface area (Å²) in [5, 5.41) is 2.58. The van der Waals surface area contributed by atoms with Crippen LogP contribution in [0.1, 0.15) is 11.3 Å². The van der Waals surface area contributed by atoms with Gasteiger partial charge in [0.05, 0.1) is 6.54 Å². The number of hydrogen-bond acceptors (Lipinski definition) is 2. The minimum Gasteiger partial charge on any atom is -0.317 e. The van der Waals surface area contributed by atoms with Crippen LogP contribution in [0, 0.1) is 9.39 Å². The first-order chi connectivity index (χ1) is 13.5. The average molecular weight is 487 g/mol. The number of aromatic nitrogens is 1. The minimum absolute atomic E-state index is 0.118. The van der Waals surface area contributed by atoms with Crippen molar-refractivity contribution < 1.29 is 14.0 Å². The van der Waals surface area contributed by atoms with Crippen molar-refractivity contribution in [3.05, 3.63) is 93.2 Å². The molecule has 1 aliphatic heterocycles. The van der Waals surface area contributed by atoms with Crippen molar-refractivity contribution in [1.82, 2.24) is 14.8 Å². The molecule has 0 radical (unpaired) electrons. The minimum atomic E-state index is -0.563. The van der Waals surface area contributed by atoms with Gasteiger partial charge in [-0.2, -0.15) is 0 Å². The van der Waals surface area contributed by atoms with Gasteiger partial charge in [-0.15, -0.1) is 0 Å². The number of rotatable bonds is 4. The van der Waals surface area contributed by atoms with Gasteiger partial charge in [-0.25, -0.2) is 9.18 Å². The van der Waals surface area contributed by atoms with Gasteiger partial charge in [-0.05, 0) is 71.1 Å². The van der Waals surface area contributed by atoms with E-state index in [0.29, 0.717) is 0 Å². The first-order valence-corrected chi connectivity index (χ1v) is 9.62. The summed E-state index contributed by atoms with van der Waals surface area (Å²) in [6.07, 6.45) is 3.51. The van der Waals surface area contributed by atoms with Crippen LogP contribution in [0.3, 0.4) is 0 Å². The molecule has 3 amide bonds. The molecule has 4 rings (SSSR count). The molecule has 2 aromatic carbocycles. The summed E-state index contributed by atoms with van der Waals surface area (Å²) < 4.78 is 16.9. The number of halogens is 2. The Morgan fingerprint density at radius 3 is 2.50 bits per heavy atom. The third kappa shape index (κ3) is 3.57. The van der Waals surface area contributed by atoms with Gasteiger partial charge in [-0.3, -0.25) is 9.69 Å². The number of carbonyl (C=O) groups is 2. The molecule has 1 N–H and O–H groups in total. The fourth-order valence-electron chi connectivity index (χ4n) is 3.01. The zero-order valence-corrected chi connectivity index (χ0v) is 16.8. The van der Waals surface area contributed by atoms with Crippen LogP contribution in [0.25, 0.3) is 11.8 Å². The van der Waals surface area contributed by atoms with E-state index in [4.69, 9.17) is 0 Å². The Labute approximate surface area is 174 Å². The van der Waals surface area contributed by atoms with Crippen molar-refractivity contribution >= 4 is 40.6 Å². The smallest absolute Gasteiger partial charge is 0.317 e. The fourth-order valence-corrected chi connectivity index (χ4v) is 3.37. The fraction of sp³-hybridized carbons (Fsp3) is 0.0476. The molecule has 1 fully saturated rings. The Balaban J connectivity index is 1.61. The van der Waals surface area contributed by atoms with E-state index in [1.54, 1.807) is 24.3 Å². The number of nitrogens with zero attached hydrogens (tertiary/aromatic N) is 2. The Hall–Kier alpha value is -2.94. The lowest BCUT2D eigenvalue weighted by atomic mass is 10.2. The van der Waals surface area contributed by atoms with E-state index in [9.17, 15) is 14.0 Å². The number of nitrogens with one attached hydrogen (secondary N) is 1. The highest BCUT2D eigenvalue weighted by Gasteiger charge is 2.34. The number of hydrogen-bond donors (Lipinski definition) is 1. The summed E-state index contributed by atoms with van der Waals surface area (Å²) in [6, 6.07) is 17.2. The molecule has 7 heteroatoms. The molecule has 1 aromatic heterocycles. The highest BCUT2D eigenvalue weighted by atomic mass is 127. The van der Waals surface area contributed by atoms with Crippen LogP contribution in [-0.4, -0.2) is 21.4 Å². The summed E-state index contributed by atoms with van der Waals surface area (Å²) in [7, 11) is 0. The van der Waals surface area contributed by atoms with Crippen molar-refractivity contribution in [3.63, 3.8) is 0 Å². The highest BCUT2D eigenvalue weighted by Crippen LogP contribution is 2.21. The number of urea groups is 1. The third-order valence-electron chi connectivity index (χ3n) is 4.43. The number of benzene rings is 2. The van der Waals surface area contributed by atoms with Crippen molar-refractivity contribution in [2.45, 2.75) is 6.54 Å². The highest BCUT2D eigenvalue weighted by molar-refractivity contribution is 14.1. The summed E-state index contributed by atoms with van der Waals surface area (Å²) in [4.78, 5) is 25.9. The van der Waals surface area contributed by atoms with Crippen LogP contribution in [0.4, 0.5) is 9.18 Å². The van der Waals surface area contributed by atoms with Crippen LogP contribution < -0.4 is 5.32 Å². The lowest BCUT2D eigenvalue weighted by Crippen LogP contribution is -2.30. The molecule has 0 unspecified atom stereocenters. The molecule has 28 heavy (non-hydrogen) atoms. The van der Waals surface area contributed by atoms with E-state index < -0.39 is 17.8 Å². The molecule has 0 spiro atoms. The lowest BCUT2D eigenvalue weighted by molar-refractivity contribution is -0.123. The molecule has 3 aromatic rings. The summed E-state index contributed by atoms with van der Waals surface area (Å²) in [5.74, 6) is -0.934. The van der Waals surface area contributed by atoms with Crippen molar-refractivity contribution in [2.24, 2.45) is 0 Å². The maximum atomic E-state index is 13.9. The number of amides is 3. The van der Waals surface area contributed by atoms with E-state index in [-0.39, 0.29) is 17.8 Å². The molecule has 0 aliphatic carbocycles. The second-order valence-electron chi connectivity index (χ2n) is 6.25. The Morgan fingerprint density at radius 2 is 1.75 bits per heavy atom. The molecule has 0 saturated carbocycles. The number of imide groups is 1. The van der Waals surface area contributed by atoms with Crippen LogP contribution in [0.15, 0.2) is 72.6 Å². The number of carbonyl (C=O) groups excluding carboxylic acids is 2. The van der Waals surface area contributed by atoms with Crippen molar-refractivity contribution in [3.8, 4) is 5.69 Å². The van der Waals surface area contributed by atoms with E-state index in [2.05, 4.69) is 27.9 Å². The van der Waals surface area contributed by atoms with E-state index in [1.807, 2.05) is 47.2 Å². The topological polar surface area (TPSA) is 54.3 Å². The molecule has 5 nitrogen and oxygen atoms in total. The largest absolute Gasteiger partial charge is 0.329 e. The van der Waals surface area contributed by atoms with Gasteiger partial charge in [-0.1, -0.05) is 18.2 Å². The van der Waals surface area contributed by atoms with E-state index in [0.717, 1.165) is 19.9 Å². The van der Waals surface area contributed by atoms with Crippen LogP contribution in [0.5, 0.6) is 0 Å². The predicted octanol–water partition coefficient (Wildman–Crippen LogP) is 4.31. The van der Waals surface area contributed by atoms with Crippen molar-refractivity contribution in [2.75, 3.05) is 0 Å². The Kier molecular flexibility index (Phi) is 4.99. The summed E-state index contributed by atoms with van der Waals surface area (Å²) >= 11 is 2.24. The quantitative estimate of drug-likeness (QED) is 0.339.